The normalized spacial score (nSPS) is 14.9. The molecular weight excluding hydrogens is 524 g/mol. The minimum absolute atomic E-state index is 0.101. The van der Waals surface area contributed by atoms with E-state index in [0.717, 1.165) is 51.0 Å². The van der Waals surface area contributed by atoms with Crippen molar-refractivity contribution in [3.8, 4) is 0 Å². The lowest BCUT2D eigenvalue weighted by atomic mass is 10.1. The van der Waals surface area contributed by atoms with E-state index >= 15 is 0 Å². The van der Waals surface area contributed by atoms with Crippen LogP contribution in [0.2, 0.25) is 5.02 Å². The van der Waals surface area contributed by atoms with E-state index in [1.54, 1.807) is 18.2 Å². The van der Waals surface area contributed by atoms with Crippen LogP contribution in [0.5, 0.6) is 0 Å². The molecule has 2 aromatic carbocycles. The number of rotatable bonds is 11. The molecule has 0 saturated heterocycles. The van der Waals surface area contributed by atoms with Crippen molar-refractivity contribution in [1.29, 1.82) is 0 Å². The lowest BCUT2D eigenvalue weighted by Crippen LogP contribution is -2.54. The van der Waals surface area contributed by atoms with Crippen molar-refractivity contribution in [2.45, 2.75) is 71.5 Å². The maximum absolute atomic E-state index is 14.0. The number of carbonyl (C=O) groups is 2. The van der Waals surface area contributed by atoms with E-state index in [2.05, 4.69) is 5.32 Å². The number of aryl methyl sites for hydroxylation is 2. The van der Waals surface area contributed by atoms with Crippen LogP contribution in [-0.4, -0.2) is 62.2 Å². The lowest BCUT2D eigenvalue weighted by molar-refractivity contribution is -0.140. The Morgan fingerprint density at radius 3 is 2.26 bits per heavy atom. The highest BCUT2D eigenvalue weighted by atomic mass is 35.5. The van der Waals surface area contributed by atoms with Crippen LogP contribution in [0.15, 0.2) is 42.5 Å². The summed E-state index contributed by atoms with van der Waals surface area (Å²) in [7, 11) is -1.13. The van der Waals surface area contributed by atoms with Crippen molar-refractivity contribution >= 4 is 39.3 Å². The maximum atomic E-state index is 14.0. The average Bonchev–Trinajstić information content (AvgIpc) is 3.38. The molecule has 0 radical (unpaired) electrons. The third kappa shape index (κ3) is 7.27. The van der Waals surface area contributed by atoms with Crippen LogP contribution in [-0.2, 0) is 26.3 Å². The fourth-order valence-corrected chi connectivity index (χ4v) is 6.00. The highest BCUT2D eigenvalue weighted by Gasteiger charge is 2.35. The van der Waals surface area contributed by atoms with Gasteiger partial charge in [0.05, 0.1) is 5.69 Å². The largest absolute Gasteiger partial charge is 0.352 e. The Balaban J connectivity index is 1.99. The van der Waals surface area contributed by atoms with E-state index in [0.29, 0.717) is 17.1 Å². The van der Waals surface area contributed by atoms with Crippen molar-refractivity contribution in [1.82, 2.24) is 14.5 Å². The molecule has 2 amide bonds. The molecule has 1 aliphatic carbocycles. The molecule has 1 aliphatic rings. The van der Waals surface area contributed by atoms with Crippen molar-refractivity contribution < 1.29 is 18.0 Å². The third-order valence-electron chi connectivity index (χ3n) is 7.01. The van der Waals surface area contributed by atoms with Gasteiger partial charge in [0.2, 0.25) is 11.8 Å². The summed E-state index contributed by atoms with van der Waals surface area (Å²) in [6, 6.07) is 11.9. The number of hydrogen-bond donors (Lipinski definition) is 1. The molecular formula is C28H39ClN4O4S. The zero-order chi connectivity index (χ0) is 28.0. The predicted octanol–water partition coefficient (Wildman–Crippen LogP) is 4.44. The second-order valence-electron chi connectivity index (χ2n) is 10.1. The molecule has 1 unspecified atom stereocenters. The molecule has 3 rings (SSSR count). The summed E-state index contributed by atoms with van der Waals surface area (Å²) < 4.78 is 29.1. The topological polar surface area (TPSA) is 90.0 Å². The van der Waals surface area contributed by atoms with Crippen molar-refractivity contribution in [3.05, 3.63) is 64.2 Å². The van der Waals surface area contributed by atoms with Crippen molar-refractivity contribution in [3.63, 3.8) is 0 Å². The van der Waals surface area contributed by atoms with Crippen LogP contribution in [0.3, 0.4) is 0 Å². The van der Waals surface area contributed by atoms with Gasteiger partial charge in [0.25, 0.3) is 0 Å². The summed E-state index contributed by atoms with van der Waals surface area (Å²) in [5, 5.41) is 3.68. The standard InChI is InChI=1S/C28H39ClN4O4S/c1-6-25(28(35)30-24-9-7-8-10-24)32(18-22-13-15-23(29)16-14-22)27(34)19-33(38(36,37)31(4)5)26-17-20(2)11-12-21(26)3/h11-17,24-25H,6-10,18-19H2,1-5H3,(H,30,35). The van der Waals surface area contributed by atoms with Crippen LogP contribution >= 0.6 is 11.6 Å². The van der Waals surface area contributed by atoms with Crippen molar-refractivity contribution in [2.24, 2.45) is 0 Å². The molecule has 0 bridgehead atoms. The maximum Gasteiger partial charge on any atom is 0.304 e. The molecule has 2 aromatic rings. The van der Waals surface area contributed by atoms with E-state index in [1.807, 2.05) is 45.0 Å². The molecule has 10 heteroatoms. The molecule has 38 heavy (non-hydrogen) atoms. The molecule has 1 fully saturated rings. The summed E-state index contributed by atoms with van der Waals surface area (Å²) in [5.41, 5.74) is 2.83. The van der Waals surface area contributed by atoms with Gasteiger partial charge < -0.3 is 10.2 Å². The first-order valence-corrected chi connectivity index (χ1v) is 14.8. The van der Waals surface area contributed by atoms with Gasteiger partial charge in [-0.15, -0.1) is 0 Å². The average molecular weight is 563 g/mol. The number of benzene rings is 2. The van der Waals surface area contributed by atoms with Gasteiger partial charge in [-0.3, -0.25) is 9.59 Å². The molecule has 208 valence electrons. The Labute approximate surface area is 232 Å². The first kappa shape index (κ1) is 29.9. The van der Waals surface area contributed by atoms with Gasteiger partial charge in [-0.25, -0.2) is 4.31 Å². The number of nitrogens with one attached hydrogen (secondary N) is 1. The molecule has 1 saturated carbocycles. The second kappa shape index (κ2) is 13.0. The summed E-state index contributed by atoms with van der Waals surface area (Å²) >= 11 is 6.07. The van der Waals surface area contributed by atoms with Gasteiger partial charge in [0.15, 0.2) is 0 Å². The minimum atomic E-state index is -4.01. The summed E-state index contributed by atoms with van der Waals surface area (Å²) in [6.45, 7) is 5.26. The number of nitrogens with zero attached hydrogens (tertiary/aromatic N) is 3. The zero-order valence-electron chi connectivity index (χ0n) is 22.9. The highest BCUT2D eigenvalue weighted by Crippen LogP contribution is 2.26. The van der Waals surface area contributed by atoms with Gasteiger partial charge in [-0.2, -0.15) is 12.7 Å². The smallest absolute Gasteiger partial charge is 0.304 e. The van der Waals surface area contributed by atoms with Gasteiger partial charge in [-0.05, 0) is 68.0 Å². The minimum Gasteiger partial charge on any atom is -0.352 e. The molecule has 1 atom stereocenters. The number of halogens is 1. The Kier molecular flexibility index (Phi) is 10.2. The second-order valence-corrected chi connectivity index (χ2v) is 12.7. The fourth-order valence-electron chi connectivity index (χ4n) is 4.76. The van der Waals surface area contributed by atoms with E-state index in [4.69, 9.17) is 11.6 Å². The molecule has 8 nitrogen and oxygen atoms in total. The third-order valence-corrected chi connectivity index (χ3v) is 9.06. The van der Waals surface area contributed by atoms with Crippen LogP contribution < -0.4 is 9.62 Å². The van der Waals surface area contributed by atoms with Crippen LogP contribution in [0.25, 0.3) is 0 Å². The summed E-state index contributed by atoms with van der Waals surface area (Å²) in [5.74, 6) is -0.671. The summed E-state index contributed by atoms with van der Waals surface area (Å²) in [6.07, 6.45) is 4.39. The predicted molar refractivity (Wildman–Crippen MR) is 152 cm³/mol. The molecule has 0 aliphatic heterocycles. The van der Waals surface area contributed by atoms with E-state index in [-0.39, 0.29) is 18.5 Å². The van der Waals surface area contributed by atoms with E-state index in [1.165, 1.54) is 19.0 Å². The zero-order valence-corrected chi connectivity index (χ0v) is 24.5. The first-order chi connectivity index (χ1) is 17.9. The number of carbonyl (C=O) groups excluding carboxylic acids is 2. The Hall–Kier alpha value is -2.62. The van der Waals surface area contributed by atoms with Crippen LogP contribution in [0.4, 0.5) is 5.69 Å². The van der Waals surface area contributed by atoms with Gasteiger partial charge >= 0.3 is 10.2 Å². The molecule has 1 N–H and O–H groups in total. The number of hydrogen-bond acceptors (Lipinski definition) is 4. The summed E-state index contributed by atoms with van der Waals surface area (Å²) in [4.78, 5) is 28.9. The molecule has 0 heterocycles. The molecule has 0 spiro atoms. The van der Waals surface area contributed by atoms with Crippen molar-refractivity contribution in [2.75, 3.05) is 24.9 Å². The van der Waals surface area contributed by atoms with Crippen LogP contribution in [0, 0.1) is 13.8 Å². The van der Waals surface area contributed by atoms with Gasteiger partial charge in [0.1, 0.15) is 12.6 Å². The first-order valence-electron chi connectivity index (χ1n) is 13.1. The van der Waals surface area contributed by atoms with Gasteiger partial charge in [0, 0.05) is 31.7 Å². The quantitative estimate of drug-likeness (QED) is 0.438. The monoisotopic (exact) mass is 562 g/mol. The van der Waals surface area contributed by atoms with E-state index < -0.39 is 28.7 Å². The number of anilines is 1. The highest BCUT2D eigenvalue weighted by molar-refractivity contribution is 7.90. The lowest BCUT2D eigenvalue weighted by Gasteiger charge is -2.34. The molecule has 0 aromatic heterocycles. The van der Waals surface area contributed by atoms with E-state index in [9.17, 15) is 18.0 Å². The Morgan fingerprint density at radius 1 is 1.05 bits per heavy atom. The SMILES string of the molecule is CCC(C(=O)NC1CCCC1)N(Cc1ccc(Cl)cc1)C(=O)CN(c1cc(C)ccc1C)S(=O)(=O)N(C)C. The Morgan fingerprint density at radius 2 is 1.68 bits per heavy atom. The number of amides is 2. The fraction of sp³-hybridized carbons (Fsp3) is 0.500. The van der Waals surface area contributed by atoms with Gasteiger partial charge in [-0.1, -0.05) is 55.6 Å². The Bertz CT molecular complexity index is 1230. The van der Waals surface area contributed by atoms with Crippen LogP contribution in [0.1, 0.15) is 55.7 Å².